The second-order valence-corrected chi connectivity index (χ2v) is 6.62. The van der Waals surface area contributed by atoms with Gasteiger partial charge in [-0.1, -0.05) is 6.07 Å². The number of pyridine rings is 1. The average molecular weight is 367 g/mol. The number of hydrogen-bond acceptors (Lipinski definition) is 4. The predicted molar refractivity (Wildman–Crippen MR) is 104 cm³/mol. The average Bonchev–Trinajstić information content (AvgIpc) is 2.70. The molecule has 1 aliphatic rings. The first-order chi connectivity index (χ1) is 13.1. The minimum atomic E-state index is -0.190. The standard InChI is InChI=1S/C21H25N3O3/c1-3-27-20-10-9-16(15(2)25)13-18(20)23-21(26)24-12-5-4-8-19(24)17-7-6-11-22-14-17/h6-7,9-11,13-14,19H,3-5,8,12H2,1-2H3,(H,23,26)/t19-/m1/s1. The monoisotopic (exact) mass is 367 g/mol. The van der Waals surface area contributed by atoms with Crippen LogP contribution in [-0.4, -0.2) is 34.8 Å². The van der Waals surface area contributed by atoms with E-state index in [9.17, 15) is 9.59 Å². The van der Waals surface area contributed by atoms with E-state index < -0.39 is 0 Å². The molecule has 0 saturated carbocycles. The first-order valence-corrected chi connectivity index (χ1v) is 9.35. The maximum absolute atomic E-state index is 13.0. The smallest absolute Gasteiger partial charge is 0.322 e. The topological polar surface area (TPSA) is 71.5 Å². The molecule has 2 aromatic rings. The van der Waals surface area contributed by atoms with E-state index in [0.717, 1.165) is 24.8 Å². The Morgan fingerprint density at radius 3 is 2.85 bits per heavy atom. The summed E-state index contributed by atoms with van der Waals surface area (Å²) in [5.41, 5.74) is 2.09. The number of likely N-dealkylation sites (tertiary alicyclic amines) is 1. The number of piperidine rings is 1. The fourth-order valence-corrected chi connectivity index (χ4v) is 3.41. The highest BCUT2D eigenvalue weighted by atomic mass is 16.5. The number of nitrogens with zero attached hydrogens (tertiary/aromatic N) is 2. The van der Waals surface area contributed by atoms with E-state index in [1.807, 2.05) is 30.2 Å². The lowest BCUT2D eigenvalue weighted by Gasteiger charge is -2.36. The van der Waals surface area contributed by atoms with Crippen LogP contribution >= 0.6 is 0 Å². The zero-order chi connectivity index (χ0) is 19.2. The van der Waals surface area contributed by atoms with Gasteiger partial charge in [0.2, 0.25) is 0 Å². The van der Waals surface area contributed by atoms with Crippen LogP contribution < -0.4 is 10.1 Å². The number of benzene rings is 1. The van der Waals surface area contributed by atoms with Gasteiger partial charge in [-0.3, -0.25) is 9.78 Å². The molecule has 1 saturated heterocycles. The van der Waals surface area contributed by atoms with Gasteiger partial charge in [0.05, 0.1) is 18.3 Å². The molecule has 0 spiro atoms. The number of carbonyl (C=O) groups is 2. The summed E-state index contributed by atoms with van der Waals surface area (Å²) >= 11 is 0. The van der Waals surface area contributed by atoms with Gasteiger partial charge in [-0.25, -0.2) is 4.79 Å². The molecule has 2 amide bonds. The first-order valence-electron chi connectivity index (χ1n) is 9.35. The number of urea groups is 1. The second kappa shape index (κ2) is 8.66. The Kier molecular flexibility index (Phi) is 6.06. The van der Waals surface area contributed by atoms with E-state index in [0.29, 0.717) is 30.2 Å². The van der Waals surface area contributed by atoms with Crippen molar-refractivity contribution in [3.63, 3.8) is 0 Å². The maximum Gasteiger partial charge on any atom is 0.322 e. The second-order valence-electron chi connectivity index (χ2n) is 6.62. The number of hydrogen-bond donors (Lipinski definition) is 1. The van der Waals surface area contributed by atoms with Crippen molar-refractivity contribution in [3.8, 4) is 5.75 Å². The first kappa shape index (κ1) is 18.9. The van der Waals surface area contributed by atoms with Gasteiger partial charge in [-0.15, -0.1) is 0 Å². The lowest BCUT2D eigenvalue weighted by molar-refractivity contribution is 0.101. The molecule has 1 aromatic carbocycles. The van der Waals surface area contributed by atoms with Crippen molar-refractivity contribution in [3.05, 3.63) is 53.9 Å². The molecule has 1 fully saturated rings. The summed E-state index contributed by atoms with van der Waals surface area (Å²) in [6.45, 7) is 4.55. The van der Waals surface area contributed by atoms with Crippen LogP contribution in [0.1, 0.15) is 55.1 Å². The summed E-state index contributed by atoms with van der Waals surface area (Å²) < 4.78 is 5.62. The number of carbonyl (C=O) groups excluding carboxylic acids is 2. The van der Waals surface area contributed by atoms with Crippen molar-refractivity contribution < 1.29 is 14.3 Å². The minimum absolute atomic E-state index is 0.000941. The molecule has 6 nitrogen and oxygen atoms in total. The van der Waals surface area contributed by atoms with E-state index in [4.69, 9.17) is 4.74 Å². The quantitative estimate of drug-likeness (QED) is 0.793. The molecule has 142 valence electrons. The number of ketones is 1. The third kappa shape index (κ3) is 4.45. The Labute approximate surface area is 159 Å². The summed E-state index contributed by atoms with van der Waals surface area (Å²) in [6, 6.07) is 8.82. The largest absolute Gasteiger partial charge is 0.492 e. The molecule has 0 bridgehead atoms. The highest BCUT2D eigenvalue weighted by Crippen LogP contribution is 2.32. The Balaban J connectivity index is 1.84. The molecular formula is C21H25N3O3. The summed E-state index contributed by atoms with van der Waals surface area (Å²) in [7, 11) is 0. The summed E-state index contributed by atoms with van der Waals surface area (Å²) in [5.74, 6) is 0.505. The van der Waals surface area contributed by atoms with E-state index >= 15 is 0 Å². The van der Waals surface area contributed by atoms with Crippen molar-refractivity contribution >= 4 is 17.5 Å². The van der Waals surface area contributed by atoms with Crippen LogP contribution in [-0.2, 0) is 0 Å². The molecule has 1 N–H and O–H groups in total. The van der Waals surface area contributed by atoms with Gasteiger partial charge in [0.25, 0.3) is 0 Å². The summed E-state index contributed by atoms with van der Waals surface area (Å²) in [4.78, 5) is 30.8. The molecule has 6 heteroatoms. The van der Waals surface area contributed by atoms with Crippen LogP contribution in [0.3, 0.4) is 0 Å². The maximum atomic E-state index is 13.0. The molecule has 2 heterocycles. The van der Waals surface area contributed by atoms with Gasteiger partial charge in [0.15, 0.2) is 5.78 Å². The Bertz CT molecular complexity index is 808. The van der Waals surface area contributed by atoms with Crippen LogP contribution in [0.4, 0.5) is 10.5 Å². The van der Waals surface area contributed by atoms with Crippen LogP contribution in [0.5, 0.6) is 5.75 Å². The van der Waals surface area contributed by atoms with Gasteiger partial charge in [0.1, 0.15) is 5.75 Å². The minimum Gasteiger partial charge on any atom is -0.492 e. The molecule has 0 radical (unpaired) electrons. The zero-order valence-electron chi connectivity index (χ0n) is 15.8. The van der Waals surface area contributed by atoms with Gasteiger partial charge >= 0.3 is 6.03 Å². The van der Waals surface area contributed by atoms with Crippen molar-refractivity contribution in [2.24, 2.45) is 0 Å². The summed E-state index contributed by atoms with van der Waals surface area (Å²) in [5, 5.41) is 2.95. The third-order valence-corrected chi connectivity index (χ3v) is 4.76. The molecule has 0 unspecified atom stereocenters. The lowest BCUT2D eigenvalue weighted by Crippen LogP contribution is -2.41. The highest BCUT2D eigenvalue weighted by molar-refractivity contribution is 5.98. The molecule has 0 aliphatic carbocycles. The Hall–Kier alpha value is -2.89. The zero-order valence-corrected chi connectivity index (χ0v) is 15.8. The highest BCUT2D eigenvalue weighted by Gasteiger charge is 2.28. The number of nitrogens with one attached hydrogen (secondary N) is 1. The molecule has 1 atom stereocenters. The predicted octanol–water partition coefficient (Wildman–Crippen LogP) is 4.44. The number of amides is 2. The van der Waals surface area contributed by atoms with Crippen molar-refractivity contribution in [1.29, 1.82) is 0 Å². The van der Waals surface area contributed by atoms with Crippen LogP contribution in [0.2, 0.25) is 0 Å². The Morgan fingerprint density at radius 1 is 1.30 bits per heavy atom. The van der Waals surface area contributed by atoms with E-state index in [1.54, 1.807) is 24.4 Å². The fraction of sp³-hybridized carbons (Fsp3) is 0.381. The van der Waals surface area contributed by atoms with Gasteiger partial charge in [0, 0.05) is 24.5 Å². The third-order valence-electron chi connectivity index (χ3n) is 4.76. The van der Waals surface area contributed by atoms with Gasteiger partial charge in [-0.05, 0) is 62.9 Å². The molecule has 3 rings (SSSR count). The van der Waals surface area contributed by atoms with Crippen LogP contribution in [0, 0.1) is 0 Å². The molecule has 27 heavy (non-hydrogen) atoms. The van der Waals surface area contributed by atoms with Crippen LogP contribution in [0.15, 0.2) is 42.7 Å². The number of rotatable bonds is 5. The summed E-state index contributed by atoms with van der Waals surface area (Å²) in [6.07, 6.45) is 6.50. The lowest BCUT2D eigenvalue weighted by atomic mass is 9.97. The van der Waals surface area contributed by atoms with Crippen molar-refractivity contribution in [1.82, 2.24) is 9.88 Å². The van der Waals surface area contributed by atoms with E-state index in [1.165, 1.54) is 6.92 Å². The number of aromatic nitrogens is 1. The normalized spacial score (nSPS) is 16.7. The number of anilines is 1. The number of ether oxygens (including phenoxy) is 1. The van der Waals surface area contributed by atoms with Gasteiger partial charge < -0.3 is 15.0 Å². The number of Topliss-reactive ketones (excluding diaryl/α,β-unsaturated/α-hetero) is 1. The fourth-order valence-electron chi connectivity index (χ4n) is 3.41. The molecule has 1 aliphatic heterocycles. The SMILES string of the molecule is CCOc1ccc(C(C)=O)cc1NC(=O)N1CCCC[C@@H]1c1cccnc1. The van der Waals surface area contributed by atoms with E-state index in [-0.39, 0.29) is 17.9 Å². The van der Waals surface area contributed by atoms with Crippen molar-refractivity contribution in [2.45, 2.75) is 39.2 Å². The van der Waals surface area contributed by atoms with E-state index in [2.05, 4.69) is 10.3 Å². The molecule has 1 aromatic heterocycles. The van der Waals surface area contributed by atoms with Gasteiger partial charge in [-0.2, -0.15) is 0 Å². The Morgan fingerprint density at radius 2 is 2.15 bits per heavy atom. The molecular weight excluding hydrogens is 342 g/mol. The van der Waals surface area contributed by atoms with Crippen molar-refractivity contribution in [2.75, 3.05) is 18.5 Å². The van der Waals surface area contributed by atoms with Crippen LogP contribution in [0.25, 0.3) is 0 Å².